The molecule has 0 spiro atoms. The Labute approximate surface area is 171 Å². The molecule has 0 N–H and O–H groups in total. The van der Waals surface area contributed by atoms with E-state index in [2.05, 4.69) is 5.10 Å². The minimum Gasteiger partial charge on any atom is -0.464 e. The van der Waals surface area contributed by atoms with Crippen molar-refractivity contribution in [3.63, 3.8) is 0 Å². The molecule has 0 saturated carbocycles. The van der Waals surface area contributed by atoms with Gasteiger partial charge in [-0.25, -0.2) is 9.48 Å². The first-order valence-electron chi connectivity index (χ1n) is 9.74. The third kappa shape index (κ3) is 3.92. The lowest BCUT2D eigenvalue weighted by molar-refractivity contribution is -0.137. The standard InChI is InChI=1S/C22H21F3N2O3/c1-29-21(28)20-19-15(13-14-8-10-16(11-9-14)22(23,24)25)5-4-6-17(19)27(26-20)18-7-2-3-12-30-18/h4-6,8-11,18H,2-3,7,12-13H2,1H3. The van der Waals surface area contributed by atoms with Crippen LogP contribution in [-0.4, -0.2) is 29.5 Å². The number of alkyl halides is 3. The number of esters is 1. The Balaban J connectivity index is 1.76. The SMILES string of the molecule is COC(=O)c1nn(C2CCCCO2)c2cccc(Cc3ccc(C(F)(F)F)cc3)c12. The second-order valence-corrected chi connectivity index (χ2v) is 7.29. The summed E-state index contributed by atoms with van der Waals surface area (Å²) in [5, 5.41) is 5.14. The van der Waals surface area contributed by atoms with Gasteiger partial charge in [0.15, 0.2) is 11.9 Å². The van der Waals surface area contributed by atoms with Gasteiger partial charge in [-0.05, 0) is 55.0 Å². The highest BCUT2D eigenvalue weighted by Crippen LogP contribution is 2.32. The molecule has 4 rings (SSSR count). The molecular formula is C22H21F3N2O3. The molecule has 0 radical (unpaired) electrons. The number of ether oxygens (including phenoxy) is 2. The zero-order valence-electron chi connectivity index (χ0n) is 16.4. The zero-order valence-corrected chi connectivity index (χ0v) is 16.4. The van der Waals surface area contributed by atoms with E-state index < -0.39 is 17.7 Å². The fraction of sp³-hybridized carbons (Fsp3) is 0.364. The molecular weight excluding hydrogens is 397 g/mol. The Kier molecular flexibility index (Phi) is 5.51. The highest BCUT2D eigenvalue weighted by atomic mass is 19.4. The van der Waals surface area contributed by atoms with Crippen molar-refractivity contribution in [1.29, 1.82) is 0 Å². The van der Waals surface area contributed by atoms with Gasteiger partial charge in [0.1, 0.15) is 0 Å². The monoisotopic (exact) mass is 418 g/mol. The molecule has 8 heteroatoms. The number of carbonyl (C=O) groups excluding carboxylic acids is 1. The van der Waals surface area contributed by atoms with Gasteiger partial charge in [0.05, 0.1) is 18.2 Å². The number of methoxy groups -OCH3 is 1. The Morgan fingerprint density at radius 1 is 1.20 bits per heavy atom. The van der Waals surface area contributed by atoms with Gasteiger partial charge < -0.3 is 9.47 Å². The van der Waals surface area contributed by atoms with E-state index in [1.165, 1.54) is 19.2 Å². The van der Waals surface area contributed by atoms with Gasteiger partial charge in [-0.3, -0.25) is 0 Å². The van der Waals surface area contributed by atoms with Crippen molar-refractivity contribution in [2.45, 2.75) is 38.1 Å². The second kappa shape index (κ2) is 8.10. The third-order valence-electron chi connectivity index (χ3n) is 5.30. The highest BCUT2D eigenvalue weighted by Gasteiger charge is 2.30. The molecule has 158 valence electrons. The molecule has 5 nitrogen and oxygen atoms in total. The summed E-state index contributed by atoms with van der Waals surface area (Å²) in [5.74, 6) is -0.561. The quantitative estimate of drug-likeness (QED) is 0.551. The summed E-state index contributed by atoms with van der Waals surface area (Å²) in [6.45, 7) is 0.630. The zero-order chi connectivity index (χ0) is 21.3. The lowest BCUT2D eigenvalue weighted by atomic mass is 9.99. The number of carbonyl (C=O) groups is 1. The fourth-order valence-electron chi connectivity index (χ4n) is 3.82. The summed E-state index contributed by atoms with van der Waals surface area (Å²) < 4.78 is 51.0. The normalized spacial score (nSPS) is 17.3. The number of rotatable bonds is 4. The summed E-state index contributed by atoms with van der Waals surface area (Å²) in [6, 6.07) is 10.6. The molecule has 1 atom stereocenters. The third-order valence-corrected chi connectivity index (χ3v) is 5.30. The molecule has 1 aliphatic heterocycles. The van der Waals surface area contributed by atoms with Crippen molar-refractivity contribution in [1.82, 2.24) is 9.78 Å². The Bertz CT molecular complexity index is 1050. The minimum absolute atomic E-state index is 0.184. The van der Waals surface area contributed by atoms with Crippen LogP contribution in [0.5, 0.6) is 0 Å². The molecule has 2 aromatic carbocycles. The highest BCUT2D eigenvalue weighted by molar-refractivity contribution is 6.03. The first-order valence-corrected chi connectivity index (χ1v) is 9.74. The van der Waals surface area contributed by atoms with Gasteiger partial charge >= 0.3 is 12.1 Å². The van der Waals surface area contributed by atoms with Crippen LogP contribution in [-0.2, 0) is 22.1 Å². The maximum atomic E-state index is 12.8. The minimum atomic E-state index is -4.38. The Hall–Kier alpha value is -2.87. The van der Waals surface area contributed by atoms with Crippen molar-refractivity contribution in [2.24, 2.45) is 0 Å². The number of aromatic nitrogens is 2. The van der Waals surface area contributed by atoms with Gasteiger partial charge in [-0.15, -0.1) is 0 Å². The summed E-state index contributed by atoms with van der Waals surface area (Å²) >= 11 is 0. The number of hydrogen-bond donors (Lipinski definition) is 0. The van der Waals surface area contributed by atoms with Crippen LogP contribution in [0.3, 0.4) is 0 Å². The smallest absolute Gasteiger partial charge is 0.416 e. The molecule has 1 unspecified atom stereocenters. The van der Waals surface area contributed by atoms with Crippen molar-refractivity contribution in [3.05, 3.63) is 64.8 Å². The maximum absolute atomic E-state index is 12.8. The van der Waals surface area contributed by atoms with E-state index in [9.17, 15) is 18.0 Å². The molecule has 0 aliphatic carbocycles. The predicted molar refractivity (Wildman–Crippen MR) is 104 cm³/mol. The molecule has 1 aliphatic rings. The van der Waals surface area contributed by atoms with Crippen LogP contribution in [0.25, 0.3) is 10.9 Å². The van der Waals surface area contributed by atoms with Crippen molar-refractivity contribution in [2.75, 3.05) is 13.7 Å². The van der Waals surface area contributed by atoms with E-state index in [-0.39, 0.29) is 11.9 Å². The summed E-state index contributed by atoms with van der Waals surface area (Å²) in [4.78, 5) is 12.4. The molecule has 30 heavy (non-hydrogen) atoms. The van der Waals surface area contributed by atoms with Crippen LogP contribution in [0.2, 0.25) is 0 Å². The van der Waals surface area contributed by atoms with E-state index in [0.717, 1.165) is 42.5 Å². The molecule has 1 saturated heterocycles. The topological polar surface area (TPSA) is 53.3 Å². The molecule has 2 heterocycles. The van der Waals surface area contributed by atoms with Crippen LogP contribution in [0.1, 0.15) is 52.7 Å². The lowest BCUT2D eigenvalue weighted by Crippen LogP contribution is -2.19. The van der Waals surface area contributed by atoms with Crippen LogP contribution in [0.4, 0.5) is 13.2 Å². The van der Waals surface area contributed by atoms with E-state index >= 15 is 0 Å². The van der Waals surface area contributed by atoms with Crippen LogP contribution in [0.15, 0.2) is 42.5 Å². The first-order chi connectivity index (χ1) is 14.4. The Morgan fingerprint density at radius 3 is 2.60 bits per heavy atom. The van der Waals surface area contributed by atoms with Crippen molar-refractivity contribution in [3.8, 4) is 0 Å². The van der Waals surface area contributed by atoms with Gasteiger partial charge in [-0.1, -0.05) is 24.3 Å². The molecule has 1 fully saturated rings. The van der Waals surface area contributed by atoms with Gasteiger partial charge in [0, 0.05) is 12.0 Å². The average Bonchev–Trinajstić information content (AvgIpc) is 3.14. The second-order valence-electron chi connectivity index (χ2n) is 7.29. The summed E-state index contributed by atoms with van der Waals surface area (Å²) in [5.41, 5.74) is 1.72. The van der Waals surface area contributed by atoms with E-state index in [4.69, 9.17) is 9.47 Å². The van der Waals surface area contributed by atoms with Gasteiger partial charge in [-0.2, -0.15) is 18.3 Å². The van der Waals surface area contributed by atoms with E-state index in [0.29, 0.717) is 24.0 Å². The Morgan fingerprint density at radius 2 is 1.97 bits per heavy atom. The fourth-order valence-corrected chi connectivity index (χ4v) is 3.82. The van der Waals surface area contributed by atoms with Crippen molar-refractivity contribution >= 4 is 16.9 Å². The van der Waals surface area contributed by atoms with Gasteiger partial charge in [0.25, 0.3) is 0 Å². The van der Waals surface area contributed by atoms with Crippen LogP contribution in [0, 0.1) is 0 Å². The number of halogens is 3. The number of hydrogen-bond acceptors (Lipinski definition) is 4. The molecule has 0 amide bonds. The molecule has 3 aromatic rings. The maximum Gasteiger partial charge on any atom is 0.416 e. The first kappa shape index (κ1) is 20.4. The number of nitrogens with zero attached hydrogens (tertiary/aromatic N) is 2. The molecule has 1 aromatic heterocycles. The van der Waals surface area contributed by atoms with Crippen LogP contribution >= 0.6 is 0 Å². The lowest BCUT2D eigenvalue weighted by Gasteiger charge is -2.23. The van der Waals surface area contributed by atoms with Gasteiger partial charge in [0.2, 0.25) is 0 Å². The van der Waals surface area contributed by atoms with E-state index in [1.807, 2.05) is 18.2 Å². The average molecular weight is 418 g/mol. The van der Waals surface area contributed by atoms with E-state index in [1.54, 1.807) is 4.68 Å². The molecule has 0 bridgehead atoms. The number of benzene rings is 2. The number of fused-ring (bicyclic) bond motifs is 1. The summed E-state index contributed by atoms with van der Waals surface area (Å²) in [7, 11) is 1.29. The summed E-state index contributed by atoms with van der Waals surface area (Å²) in [6.07, 6.45) is -1.50. The largest absolute Gasteiger partial charge is 0.464 e. The van der Waals surface area contributed by atoms with Crippen molar-refractivity contribution < 1.29 is 27.4 Å². The predicted octanol–water partition coefficient (Wildman–Crippen LogP) is 5.13. The van der Waals surface area contributed by atoms with Crippen LogP contribution < -0.4 is 0 Å².